The minimum absolute atomic E-state index is 0.0845. The molecule has 0 spiro atoms. The van der Waals surface area contributed by atoms with Crippen molar-refractivity contribution < 1.29 is 62.9 Å². The molecular weight excluding hydrogens is 1070 g/mol. The third-order valence-electron chi connectivity index (χ3n) is 12.6. The second-order valence-corrected chi connectivity index (χ2v) is 25.4. The topological polar surface area (TPSA) is 174 Å². The molecule has 0 atom stereocenters. The van der Waals surface area contributed by atoms with Crippen LogP contribution in [-0.2, 0) is 39.1 Å². The Bertz CT molecular complexity index is 3620. The van der Waals surface area contributed by atoms with Crippen molar-refractivity contribution in [2.45, 2.75) is 133 Å². The molecule has 1 aliphatic carbocycles. The van der Waals surface area contributed by atoms with Crippen LogP contribution in [0.1, 0.15) is 135 Å². The number of sulfonamides is 2. The van der Waals surface area contributed by atoms with Crippen LogP contribution in [0, 0.1) is 23.3 Å². The van der Waals surface area contributed by atoms with E-state index in [9.17, 15) is 26.4 Å². The number of halogens is 4. The van der Waals surface area contributed by atoms with Gasteiger partial charge in [-0.15, -0.1) is 11.8 Å². The first-order chi connectivity index (χ1) is 36.6. The number of nitrogens with zero attached hydrogens (tertiary/aromatic N) is 1. The Kier molecular flexibility index (Phi) is 18.1. The van der Waals surface area contributed by atoms with Gasteiger partial charge >= 0.3 is 11.9 Å². The van der Waals surface area contributed by atoms with Gasteiger partial charge in [0.2, 0.25) is 11.0 Å². The first-order valence-corrected chi connectivity index (χ1v) is 29.3. The van der Waals surface area contributed by atoms with E-state index in [1.54, 1.807) is 57.2 Å². The molecule has 0 unspecified atom stereocenters. The maximum Gasteiger partial charge on any atom is 0.306 e. The lowest BCUT2D eigenvalue weighted by Gasteiger charge is -2.25. The fourth-order valence-corrected chi connectivity index (χ4v) is 12.8. The van der Waals surface area contributed by atoms with Gasteiger partial charge in [-0.1, -0.05) is 110 Å². The van der Waals surface area contributed by atoms with Crippen LogP contribution < -0.4 is 15.7 Å². The van der Waals surface area contributed by atoms with Gasteiger partial charge in [0.15, 0.2) is 23.3 Å². The van der Waals surface area contributed by atoms with Crippen molar-refractivity contribution in [1.82, 2.24) is 0 Å². The van der Waals surface area contributed by atoms with E-state index >= 15 is 17.6 Å². The van der Waals surface area contributed by atoms with Crippen LogP contribution in [-0.4, -0.2) is 46.7 Å². The van der Waals surface area contributed by atoms with Crippen molar-refractivity contribution in [2.24, 2.45) is 0 Å². The lowest BCUT2D eigenvalue weighted by molar-refractivity contribution is -0.404. The smallest absolute Gasteiger partial charge is 0.306 e. The molecule has 0 saturated heterocycles. The number of thioether (sulfide) groups is 1. The van der Waals surface area contributed by atoms with Gasteiger partial charge in [-0.3, -0.25) is 9.59 Å². The molecule has 0 fully saturated rings. The van der Waals surface area contributed by atoms with E-state index in [4.69, 9.17) is 13.9 Å². The van der Waals surface area contributed by atoms with Crippen LogP contribution in [0.15, 0.2) is 116 Å². The number of para-hydroxylation sites is 2. The van der Waals surface area contributed by atoms with Gasteiger partial charge in [0, 0.05) is 62.5 Å². The molecule has 0 amide bonds. The Morgan fingerprint density at radius 2 is 1.23 bits per heavy atom. The van der Waals surface area contributed by atoms with E-state index in [1.807, 2.05) is 12.1 Å². The van der Waals surface area contributed by atoms with Gasteiger partial charge in [-0.2, -0.15) is 0 Å². The molecule has 19 heteroatoms. The first-order valence-electron chi connectivity index (χ1n) is 25.4. The first kappa shape index (κ1) is 59.1. The third kappa shape index (κ3) is 13.1. The van der Waals surface area contributed by atoms with E-state index in [0.29, 0.717) is 33.3 Å². The molecule has 0 aromatic heterocycles. The number of carbonyl (C=O) groups is 2. The number of ether oxygens (including phenoxy) is 2. The molecule has 0 radical (unpaired) electrons. The summed E-state index contributed by atoms with van der Waals surface area (Å²) in [7, 11) is -11.6. The maximum atomic E-state index is 15.8. The minimum atomic E-state index is -6.09. The van der Waals surface area contributed by atoms with Crippen molar-refractivity contribution in [1.29, 1.82) is 0 Å². The van der Waals surface area contributed by atoms with E-state index in [1.165, 1.54) is 18.2 Å². The van der Waals surface area contributed by atoms with Gasteiger partial charge < -0.3 is 23.3 Å². The molecule has 5 aromatic rings. The molecule has 78 heavy (non-hydrogen) atoms. The zero-order chi connectivity index (χ0) is 57.2. The quantitative estimate of drug-likeness (QED) is 0.0197. The monoisotopic (exact) mass is 1130 g/mol. The molecule has 414 valence electrons. The number of esters is 2. The van der Waals surface area contributed by atoms with Crippen molar-refractivity contribution in [2.75, 3.05) is 17.7 Å². The summed E-state index contributed by atoms with van der Waals surface area (Å²) in [5, 5.41) is 4.63. The number of rotatable bonds is 19. The molecule has 0 saturated carbocycles. The van der Waals surface area contributed by atoms with Crippen molar-refractivity contribution in [3.63, 3.8) is 0 Å². The summed E-state index contributed by atoms with van der Waals surface area (Å²) in [4.78, 5) is 23.4. The molecule has 12 nitrogen and oxygen atoms in total. The van der Waals surface area contributed by atoms with E-state index < -0.39 is 87.9 Å². The second-order valence-electron chi connectivity index (χ2n) is 21.0. The summed E-state index contributed by atoms with van der Waals surface area (Å²) in [5.74, 6) is -10.2. The predicted molar refractivity (Wildman–Crippen MR) is 295 cm³/mol. The predicted octanol–water partition coefficient (Wildman–Crippen LogP) is 13.5. The Balaban J connectivity index is 1.30. The highest BCUT2D eigenvalue weighted by atomic mass is 32.3. The number of carbonyl (C=O) groups excluding carboxylic acids is 2. The van der Waals surface area contributed by atoms with Gasteiger partial charge in [0.25, 0.3) is 0 Å². The summed E-state index contributed by atoms with van der Waals surface area (Å²) in [6.07, 6.45) is -0.705. The summed E-state index contributed by atoms with van der Waals surface area (Å²) in [6.45, 7) is 21.2. The van der Waals surface area contributed by atoms with Crippen LogP contribution in [0.3, 0.4) is 0 Å². The van der Waals surface area contributed by atoms with Gasteiger partial charge in [0.1, 0.15) is 48.5 Å². The van der Waals surface area contributed by atoms with Gasteiger partial charge in [-0.25, -0.2) is 39.4 Å². The highest BCUT2D eigenvalue weighted by molar-refractivity contribution is 8.12. The molecule has 0 bridgehead atoms. The number of benzene rings is 6. The minimum Gasteiger partial charge on any atom is -0.465 e. The number of hydrogen-bond donors (Lipinski definition) is 2. The highest BCUT2D eigenvalue weighted by Gasteiger charge is 2.33. The maximum absolute atomic E-state index is 15.8. The number of fused-ring (bicyclic) bond motifs is 2. The zero-order valence-corrected chi connectivity index (χ0v) is 47.7. The van der Waals surface area contributed by atoms with Gasteiger partial charge in [0.05, 0.1) is 28.7 Å². The van der Waals surface area contributed by atoms with Crippen molar-refractivity contribution >= 4 is 71.8 Å². The SMILES string of the molecule is CC(C)c1cccc(C(C)C)c1Nc1ccc2c(-c3ccccc3S(=O)(=O)[N-]S(=O)(=O)c3c(F)c(F)c(SCCOC(=O)CCC(=O)OC(C)(C)C)c(F)c3F)c3ccc(=[NH+]c4c(C(C)C)cccc4C(C)C)cc-3oc2c1. The second kappa shape index (κ2) is 23.8. The van der Waals surface area contributed by atoms with Gasteiger partial charge in [-0.05, 0) is 79.8 Å². The van der Waals surface area contributed by atoms with Crippen molar-refractivity contribution in [3.05, 3.63) is 152 Å². The largest absolute Gasteiger partial charge is 0.465 e. The molecule has 2 N–H and O–H groups in total. The van der Waals surface area contributed by atoms with Crippen LogP contribution in [0.25, 0.3) is 37.5 Å². The Morgan fingerprint density at radius 1 is 0.667 bits per heavy atom. The normalized spacial score (nSPS) is 12.7. The average molecular weight is 1130 g/mol. The summed E-state index contributed by atoms with van der Waals surface area (Å²) >= 11 is 0.157. The number of hydrogen-bond acceptors (Lipinski definition) is 11. The van der Waals surface area contributed by atoms with E-state index in [-0.39, 0.29) is 59.4 Å². The van der Waals surface area contributed by atoms with E-state index in [0.717, 1.165) is 39.7 Å². The molecule has 1 aliphatic heterocycles. The molecule has 5 aromatic carbocycles. The molecule has 7 rings (SSSR count). The average Bonchev–Trinajstić information content (AvgIpc) is 3.41. The Morgan fingerprint density at radius 3 is 1.81 bits per heavy atom. The molecular formula is C59H63F4N3O9S3. The Hall–Kier alpha value is -6.54. The lowest BCUT2D eigenvalue weighted by atomic mass is 9.92. The zero-order valence-electron chi connectivity index (χ0n) is 45.2. The van der Waals surface area contributed by atoms with Crippen molar-refractivity contribution in [3.8, 4) is 22.5 Å². The number of nitrogens with one attached hydrogen (secondary N) is 2. The molecule has 2 aliphatic rings. The highest BCUT2D eigenvalue weighted by Crippen LogP contribution is 2.45. The Labute approximate surface area is 457 Å². The van der Waals surface area contributed by atoms with E-state index in [2.05, 4.69) is 94.1 Å². The summed E-state index contributed by atoms with van der Waals surface area (Å²) in [5.41, 5.74) is 6.87. The van der Waals surface area contributed by atoms with Crippen LogP contribution in [0.2, 0.25) is 0 Å². The fraction of sp³-hybridized carbons (Fsp3) is 0.339. The summed E-state index contributed by atoms with van der Waals surface area (Å²) < 4.78 is 139. The molecule has 1 heterocycles. The lowest BCUT2D eigenvalue weighted by Crippen LogP contribution is -2.71. The number of anilines is 2. The standard InChI is InChI=1S/C59H62F4N3O9S3/c1-32(2)38-17-14-18-39(33(3)4)55(38)64-36-22-24-42-45(30-36)74-46-31-37(65-56-40(34(5)6)19-15-20-41(56)35(7)8)23-25-43(46)50(42)44-16-12-13-21-47(44)77(69,70)66-78(71,72)58-53(62)51(60)57(52(61)54(58)63)76-29-28-73-48(67)26-27-49(68)75-59(9,10)11/h12-25,30-35H,26-29H2,1-11H3,(H,64,65)/q-1/p+1. The van der Waals surface area contributed by atoms with Crippen LogP contribution in [0.4, 0.5) is 34.6 Å². The van der Waals surface area contributed by atoms with Crippen LogP contribution in [0.5, 0.6) is 0 Å². The van der Waals surface area contributed by atoms with Crippen LogP contribution >= 0.6 is 11.8 Å². The fourth-order valence-electron chi connectivity index (χ4n) is 9.03. The third-order valence-corrected chi connectivity index (χ3v) is 17.0. The summed E-state index contributed by atoms with van der Waals surface area (Å²) in [6, 6.07) is 28.1.